The van der Waals surface area contributed by atoms with Gasteiger partial charge < -0.3 is 14.8 Å². The van der Waals surface area contributed by atoms with Crippen LogP contribution in [0.3, 0.4) is 0 Å². The van der Waals surface area contributed by atoms with Crippen molar-refractivity contribution < 1.29 is 22.7 Å². The van der Waals surface area contributed by atoms with E-state index >= 15 is 0 Å². The number of hydrogen-bond acceptors (Lipinski definition) is 5. The molecule has 0 aromatic heterocycles. The predicted octanol–water partition coefficient (Wildman–Crippen LogP) is 5.40. The molecule has 1 atom stereocenters. The molecular formula is C29H34N2O5S. The van der Waals surface area contributed by atoms with E-state index < -0.39 is 15.6 Å². The maximum atomic E-state index is 13.7. The van der Waals surface area contributed by atoms with Crippen LogP contribution in [0, 0.1) is 6.92 Å². The number of para-hydroxylation sites is 1. The standard InChI is InChI=1S/C29H34N2O5S/c1-5-29(6-2)19-26(25-9-7-8-10-27(25)36-29)30-28(32)20-31(22-13-11-21(3)12-14-22)37(33,34)24-17-15-23(35-4)16-18-24/h7-18,26H,5-6,19-20H2,1-4H3,(H,30,32)/t26-/m1/s1. The normalized spacial score (nSPS) is 16.3. The largest absolute Gasteiger partial charge is 0.497 e. The zero-order valence-corrected chi connectivity index (χ0v) is 22.5. The molecule has 0 fully saturated rings. The highest BCUT2D eigenvalue weighted by atomic mass is 32.2. The third kappa shape index (κ3) is 5.59. The van der Waals surface area contributed by atoms with Crippen LogP contribution >= 0.6 is 0 Å². The van der Waals surface area contributed by atoms with Crippen LogP contribution < -0.4 is 19.1 Å². The van der Waals surface area contributed by atoms with Gasteiger partial charge in [0.1, 0.15) is 23.6 Å². The number of nitrogens with zero attached hydrogens (tertiary/aromatic N) is 1. The van der Waals surface area contributed by atoms with Gasteiger partial charge in [0.05, 0.1) is 23.7 Å². The Morgan fingerprint density at radius 3 is 2.30 bits per heavy atom. The van der Waals surface area contributed by atoms with Crippen molar-refractivity contribution >= 4 is 21.6 Å². The topological polar surface area (TPSA) is 84.9 Å². The van der Waals surface area contributed by atoms with Gasteiger partial charge in [-0.1, -0.05) is 49.7 Å². The number of sulfonamides is 1. The Balaban J connectivity index is 1.64. The van der Waals surface area contributed by atoms with Crippen LogP contribution in [0.5, 0.6) is 11.5 Å². The Labute approximate surface area is 219 Å². The number of amides is 1. The molecule has 7 nitrogen and oxygen atoms in total. The van der Waals surface area contributed by atoms with Crippen molar-refractivity contribution in [3.05, 3.63) is 83.9 Å². The summed E-state index contributed by atoms with van der Waals surface area (Å²) in [5, 5.41) is 3.11. The summed E-state index contributed by atoms with van der Waals surface area (Å²) in [4.78, 5) is 13.5. The van der Waals surface area contributed by atoms with Crippen molar-refractivity contribution in [2.45, 2.75) is 56.6 Å². The molecule has 8 heteroatoms. The van der Waals surface area contributed by atoms with E-state index in [9.17, 15) is 13.2 Å². The number of rotatable bonds is 9. The first-order chi connectivity index (χ1) is 17.7. The van der Waals surface area contributed by atoms with Crippen molar-refractivity contribution in [1.82, 2.24) is 5.32 Å². The van der Waals surface area contributed by atoms with Crippen LogP contribution in [0.2, 0.25) is 0 Å². The van der Waals surface area contributed by atoms with E-state index in [0.717, 1.165) is 34.0 Å². The Bertz CT molecular complexity index is 1330. The lowest BCUT2D eigenvalue weighted by Gasteiger charge is -2.41. The highest BCUT2D eigenvalue weighted by Gasteiger charge is 2.39. The number of fused-ring (bicyclic) bond motifs is 1. The molecule has 1 heterocycles. The lowest BCUT2D eigenvalue weighted by Crippen LogP contribution is -2.47. The van der Waals surface area contributed by atoms with Gasteiger partial charge in [0.15, 0.2) is 0 Å². The summed E-state index contributed by atoms with van der Waals surface area (Å²) in [7, 11) is -2.51. The number of carbonyl (C=O) groups excluding carboxylic acids is 1. The summed E-state index contributed by atoms with van der Waals surface area (Å²) in [6, 6.07) is 20.6. The summed E-state index contributed by atoms with van der Waals surface area (Å²) in [6.45, 7) is 5.73. The Hall–Kier alpha value is -3.52. The second-order valence-electron chi connectivity index (χ2n) is 9.38. The second kappa shape index (κ2) is 10.8. The van der Waals surface area contributed by atoms with E-state index in [0.29, 0.717) is 17.9 Å². The third-order valence-electron chi connectivity index (χ3n) is 7.08. The zero-order chi connectivity index (χ0) is 26.6. The van der Waals surface area contributed by atoms with E-state index in [4.69, 9.17) is 9.47 Å². The van der Waals surface area contributed by atoms with Gasteiger partial charge in [-0.15, -0.1) is 0 Å². The van der Waals surface area contributed by atoms with Crippen LogP contribution in [0.25, 0.3) is 0 Å². The van der Waals surface area contributed by atoms with E-state index in [1.165, 1.54) is 19.2 Å². The summed E-state index contributed by atoms with van der Waals surface area (Å²) in [5.74, 6) is 0.913. The molecule has 0 saturated carbocycles. The quantitative estimate of drug-likeness (QED) is 0.407. The minimum absolute atomic E-state index is 0.0778. The minimum Gasteiger partial charge on any atom is -0.497 e. The summed E-state index contributed by atoms with van der Waals surface area (Å²) in [5.41, 5.74) is 1.91. The number of benzene rings is 3. The van der Waals surface area contributed by atoms with E-state index in [1.807, 2.05) is 43.3 Å². The average Bonchev–Trinajstić information content (AvgIpc) is 2.92. The average molecular weight is 523 g/mol. The Kier molecular flexibility index (Phi) is 7.78. The van der Waals surface area contributed by atoms with Gasteiger partial charge in [0, 0.05) is 12.0 Å². The molecule has 0 aliphatic carbocycles. The summed E-state index contributed by atoms with van der Waals surface area (Å²) >= 11 is 0. The SMILES string of the molecule is CCC1(CC)C[C@@H](NC(=O)CN(c2ccc(C)cc2)S(=O)(=O)c2ccc(OC)cc2)c2ccccc2O1. The van der Waals surface area contributed by atoms with Gasteiger partial charge in [0.25, 0.3) is 10.0 Å². The van der Waals surface area contributed by atoms with Crippen LogP contribution in [0.1, 0.15) is 50.3 Å². The fourth-order valence-electron chi connectivity index (χ4n) is 4.70. The minimum atomic E-state index is -4.03. The van der Waals surface area contributed by atoms with Gasteiger partial charge in [-0.05, 0) is 62.2 Å². The van der Waals surface area contributed by atoms with Gasteiger partial charge in [-0.3, -0.25) is 9.10 Å². The van der Waals surface area contributed by atoms with E-state index in [1.54, 1.807) is 24.3 Å². The van der Waals surface area contributed by atoms with Gasteiger partial charge in [-0.2, -0.15) is 0 Å². The lowest BCUT2D eigenvalue weighted by molar-refractivity contribution is -0.121. The van der Waals surface area contributed by atoms with Crippen molar-refractivity contribution in [2.24, 2.45) is 0 Å². The highest BCUT2D eigenvalue weighted by Crippen LogP contribution is 2.42. The molecule has 1 amide bonds. The van der Waals surface area contributed by atoms with E-state index in [2.05, 4.69) is 19.2 Å². The van der Waals surface area contributed by atoms with Crippen molar-refractivity contribution in [3.8, 4) is 11.5 Å². The molecular weight excluding hydrogens is 488 g/mol. The number of aryl methyl sites for hydroxylation is 1. The van der Waals surface area contributed by atoms with Gasteiger partial charge in [0.2, 0.25) is 5.91 Å². The van der Waals surface area contributed by atoms with Gasteiger partial charge in [-0.25, -0.2) is 8.42 Å². The fraction of sp³-hybridized carbons (Fsp3) is 0.345. The maximum Gasteiger partial charge on any atom is 0.264 e. The molecule has 0 unspecified atom stereocenters. The Morgan fingerprint density at radius 1 is 1.03 bits per heavy atom. The number of carbonyl (C=O) groups is 1. The van der Waals surface area contributed by atoms with Crippen LogP contribution in [0.15, 0.2) is 77.7 Å². The summed E-state index contributed by atoms with van der Waals surface area (Å²) < 4.78 is 40.1. The first kappa shape index (κ1) is 26.5. The first-order valence-electron chi connectivity index (χ1n) is 12.5. The molecule has 3 aromatic carbocycles. The first-order valence-corrected chi connectivity index (χ1v) is 14.0. The van der Waals surface area contributed by atoms with Crippen LogP contribution in [-0.4, -0.2) is 33.6 Å². The number of methoxy groups -OCH3 is 1. The Morgan fingerprint density at radius 2 is 1.68 bits per heavy atom. The molecule has 196 valence electrons. The van der Waals surface area contributed by atoms with Crippen molar-refractivity contribution in [1.29, 1.82) is 0 Å². The molecule has 1 aliphatic rings. The number of ether oxygens (including phenoxy) is 2. The monoisotopic (exact) mass is 522 g/mol. The molecule has 1 aliphatic heterocycles. The van der Waals surface area contributed by atoms with Crippen LogP contribution in [-0.2, 0) is 14.8 Å². The van der Waals surface area contributed by atoms with Crippen molar-refractivity contribution in [2.75, 3.05) is 18.0 Å². The molecule has 0 bridgehead atoms. The summed E-state index contributed by atoms with van der Waals surface area (Å²) in [6.07, 6.45) is 2.20. The highest BCUT2D eigenvalue weighted by molar-refractivity contribution is 7.92. The number of hydrogen-bond donors (Lipinski definition) is 1. The molecule has 4 rings (SSSR count). The maximum absolute atomic E-state index is 13.7. The molecule has 1 N–H and O–H groups in total. The molecule has 0 radical (unpaired) electrons. The third-order valence-corrected chi connectivity index (χ3v) is 8.87. The molecule has 0 spiro atoms. The lowest BCUT2D eigenvalue weighted by atomic mass is 9.83. The zero-order valence-electron chi connectivity index (χ0n) is 21.7. The number of anilines is 1. The van der Waals surface area contributed by atoms with Crippen molar-refractivity contribution in [3.63, 3.8) is 0 Å². The fourth-order valence-corrected chi connectivity index (χ4v) is 6.12. The molecule has 0 saturated heterocycles. The van der Waals surface area contributed by atoms with Gasteiger partial charge >= 0.3 is 0 Å². The molecule has 37 heavy (non-hydrogen) atoms. The smallest absolute Gasteiger partial charge is 0.264 e. The second-order valence-corrected chi connectivity index (χ2v) is 11.2. The van der Waals surface area contributed by atoms with E-state index in [-0.39, 0.29) is 23.4 Å². The number of nitrogens with one attached hydrogen (secondary N) is 1. The van der Waals surface area contributed by atoms with Crippen LogP contribution in [0.4, 0.5) is 5.69 Å². The molecule has 3 aromatic rings. The predicted molar refractivity (Wildman–Crippen MR) is 145 cm³/mol.